The van der Waals surface area contributed by atoms with Gasteiger partial charge in [0.2, 0.25) is 0 Å². The summed E-state index contributed by atoms with van der Waals surface area (Å²) in [6.45, 7) is 2.70. The number of hydrazone groups is 1. The lowest BCUT2D eigenvalue weighted by Gasteiger charge is -2.33. The number of nitrogens with one attached hydrogen (secondary N) is 2. The minimum Gasteiger partial charge on any atom is -0.465 e. The summed E-state index contributed by atoms with van der Waals surface area (Å²) in [6.07, 6.45) is 2.63. The largest absolute Gasteiger partial charge is 0.465 e. The number of hydrogen-bond donors (Lipinski definition) is 2. The molecule has 1 rings (SSSR count). The van der Waals surface area contributed by atoms with Gasteiger partial charge in [0.1, 0.15) is 11.1 Å². The van der Waals surface area contributed by atoms with Gasteiger partial charge in [-0.3, -0.25) is 9.69 Å². The Bertz CT molecular complexity index is 369. The molecule has 0 radical (unpaired) electrons. The molecular weight excluding hydrogens is 286 g/mol. The Balaban J connectivity index is 2.60. The van der Waals surface area contributed by atoms with Crippen molar-refractivity contribution in [2.24, 2.45) is 5.10 Å². The zero-order valence-corrected chi connectivity index (χ0v) is 12.3. The zero-order chi connectivity index (χ0) is 15.0. The van der Waals surface area contributed by atoms with E-state index < -0.39 is 5.03 Å². The number of rotatable bonds is 7. The second-order valence-electron chi connectivity index (χ2n) is 3.99. The van der Waals surface area contributed by atoms with Crippen LogP contribution in [-0.4, -0.2) is 59.9 Å². The van der Waals surface area contributed by atoms with Crippen LogP contribution in [0.2, 0.25) is 0 Å². The van der Waals surface area contributed by atoms with Crippen molar-refractivity contribution in [3.8, 4) is 0 Å². The molecule has 1 heterocycles. The fraction of sp³-hybridized carbons (Fsp3) is 0.800. The molecule has 0 aromatic rings. The van der Waals surface area contributed by atoms with Gasteiger partial charge in [-0.2, -0.15) is 11.8 Å². The normalized spacial score (nSPS) is 16.8. The van der Waals surface area contributed by atoms with Crippen LogP contribution in [0.4, 0.5) is 0 Å². The van der Waals surface area contributed by atoms with E-state index >= 15 is 0 Å². The first kappa shape index (κ1) is 16.5. The monoisotopic (exact) mass is 305 g/mol. The molecular formula is C10H19N5O4S. The molecule has 0 amide bonds. The SMILES string of the molecule is CCOC(=O)[C@H](CCSC)N1CNC(=N[N+](=O)[O-])NC1. The highest BCUT2D eigenvalue weighted by Gasteiger charge is 2.29. The van der Waals surface area contributed by atoms with E-state index in [1.165, 1.54) is 0 Å². The van der Waals surface area contributed by atoms with Crippen molar-refractivity contribution in [2.75, 3.05) is 32.0 Å². The number of hydrogen-bond acceptors (Lipinski definition) is 6. The number of thioether (sulfide) groups is 1. The third kappa shape index (κ3) is 5.21. The van der Waals surface area contributed by atoms with E-state index in [2.05, 4.69) is 15.7 Å². The molecule has 0 aliphatic carbocycles. The number of guanidine groups is 1. The van der Waals surface area contributed by atoms with Gasteiger partial charge in [-0.05, 0) is 25.4 Å². The summed E-state index contributed by atoms with van der Waals surface area (Å²) >= 11 is 1.65. The van der Waals surface area contributed by atoms with Crippen molar-refractivity contribution in [1.82, 2.24) is 15.5 Å². The van der Waals surface area contributed by atoms with E-state index in [-0.39, 0.29) is 18.0 Å². The summed E-state index contributed by atoms with van der Waals surface area (Å²) < 4.78 is 5.06. The van der Waals surface area contributed by atoms with Crippen LogP contribution in [0.5, 0.6) is 0 Å². The average Bonchev–Trinajstić information content (AvgIpc) is 2.40. The quantitative estimate of drug-likeness (QED) is 0.372. The fourth-order valence-corrected chi connectivity index (χ4v) is 2.22. The maximum Gasteiger partial charge on any atom is 0.323 e. The second kappa shape index (κ2) is 8.59. The molecule has 10 heteroatoms. The highest BCUT2D eigenvalue weighted by atomic mass is 32.2. The van der Waals surface area contributed by atoms with Gasteiger partial charge in [0.05, 0.1) is 19.9 Å². The Morgan fingerprint density at radius 2 is 2.25 bits per heavy atom. The Kier molecular flexibility index (Phi) is 7.09. The molecule has 0 aromatic carbocycles. The molecule has 1 saturated heterocycles. The van der Waals surface area contributed by atoms with Gasteiger partial charge in [0.15, 0.2) is 5.03 Å². The summed E-state index contributed by atoms with van der Waals surface area (Å²) in [5, 5.41) is 18.2. The summed E-state index contributed by atoms with van der Waals surface area (Å²) in [6, 6.07) is -0.375. The van der Waals surface area contributed by atoms with Crippen LogP contribution in [-0.2, 0) is 9.53 Å². The first-order chi connectivity index (χ1) is 9.58. The Labute approximate surface area is 121 Å². The number of carbonyl (C=O) groups excluding carboxylic acids is 1. The highest BCUT2D eigenvalue weighted by Crippen LogP contribution is 2.10. The summed E-state index contributed by atoms with van der Waals surface area (Å²) in [5.74, 6) is 0.647. The molecule has 1 fully saturated rings. The van der Waals surface area contributed by atoms with Crippen LogP contribution < -0.4 is 10.6 Å². The lowest BCUT2D eigenvalue weighted by atomic mass is 10.2. The maximum absolute atomic E-state index is 11.9. The van der Waals surface area contributed by atoms with Crippen molar-refractivity contribution in [3.05, 3.63) is 10.1 Å². The van der Waals surface area contributed by atoms with Crippen LogP contribution in [0, 0.1) is 10.1 Å². The van der Waals surface area contributed by atoms with E-state index in [9.17, 15) is 14.9 Å². The van der Waals surface area contributed by atoms with E-state index in [1.807, 2.05) is 11.2 Å². The van der Waals surface area contributed by atoms with Gasteiger partial charge >= 0.3 is 5.97 Å². The Morgan fingerprint density at radius 3 is 2.75 bits per heavy atom. The highest BCUT2D eigenvalue weighted by molar-refractivity contribution is 7.98. The van der Waals surface area contributed by atoms with Gasteiger partial charge < -0.3 is 15.4 Å². The molecule has 1 atom stereocenters. The van der Waals surface area contributed by atoms with Gasteiger partial charge in [0, 0.05) is 0 Å². The van der Waals surface area contributed by atoms with Gasteiger partial charge in [-0.25, -0.2) is 10.1 Å². The van der Waals surface area contributed by atoms with Crippen LogP contribution >= 0.6 is 11.8 Å². The van der Waals surface area contributed by atoms with Crippen molar-refractivity contribution < 1.29 is 14.6 Å². The Morgan fingerprint density at radius 1 is 1.60 bits per heavy atom. The summed E-state index contributed by atoms with van der Waals surface area (Å²) in [7, 11) is 0. The van der Waals surface area contributed by atoms with E-state index in [0.717, 1.165) is 5.75 Å². The number of esters is 1. The van der Waals surface area contributed by atoms with E-state index in [4.69, 9.17) is 4.74 Å². The van der Waals surface area contributed by atoms with E-state index in [0.29, 0.717) is 26.4 Å². The molecule has 0 spiro atoms. The van der Waals surface area contributed by atoms with Crippen molar-refractivity contribution in [2.45, 2.75) is 19.4 Å². The number of nitrogens with zero attached hydrogens (tertiary/aromatic N) is 3. The molecule has 0 saturated carbocycles. The molecule has 1 aliphatic rings. The molecule has 114 valence electrons. The Hall–Kier alpha value is -1.55. The first-order valence-electron chi connectivity index (χ1n) is 6.18. The maximum atomic E-state index is 11.9. The van der Waals surface area contributed by atoms with Crippen LogP contribution in [0.1, 0.15) is 13.3 Å². The van der Waals surface area contributed by atoms with Crippen LogP contribution in [0.25, 0.3) is 0 Å². The first-order valence-corrected chi connectivity index (χ1v) is 7.58. The predicted octanol–water partition coefficient (Wildman–Crippen LogP) is -0.371. The standard InChI is InChI=1S/C10H19N5O4S/c1-3-19-9(16)8(4-5-20-2)14-6-11-10(12-7-14)13-15(17)18/h8H,3-7H2,1-2H3,(H2,11,12,13)/t8-/m0/s1. The minimum absolute atomic E-state index is 0.0960. The second-order valence-corrected chi connectivity index (χ2v) is 4.98. The smallest absolute Gasteiger partial charge is 0.323 e. The zero-order valence-electron chi connectivity index (χ0n) is 11.5. The van der Waals surface area contributed by atoms with Crippen molar-refractivity contribution in [1.29, 1.82) is 0 Å². The predicted molar refractivity (Wildman–Crippen MR) is 75.7 cm³/mol. The molecule has 0 bridgehead atoms. The fourth-order valence-electron chi connectivity index (χ4n) is 1.76. The lowest BCUT2D eigenvalue weighted by molar-refractivity contribution is -0.485. The van der Waals surface area contributed by atoms with Crippen molar-refractivity contribution >= 4 is 23.7 Å². The van der Waals surface area contributed by atoms with Gasteiger partial charge in [-0.1, -0.05) is 0 Å². The molecule has 1 aliphatic heterocycles. The summed E-state index contributed by atoms with van der Waals surface area (Å²) in [4.78, 5) is 24.0. The van der Waals surface area contributed by atoms with Crippen LogP contribution in [0.15, 0.2) is 5.10 Å². The lowest BCUT2D eigenvalue weighted by Crippen LogP contribution is -2.59. The van der Waals surface area contributed by atoms with Crippen molar-refractivity contribution in [3.63, 3.8) is 0 Å². The molecule has 0 unspecified atom stereocenters. The van der Waals surface area contributed by atoms with E-state index in [1.54, 1.807) is 18.7 Å². The molecule has 2 N–H and O–H groups in total. The summed E-state index contributed by atoms with van der Waals surface area (Å²) in [5.41, 5.74) is 0. The third-order valence-corrected chi connectivity index (χ3v) is 3.32. The molecule has 20 heavy (non-hydrogen) atoms. The average molecular weight is 305 g/mol. The minimum atomic E-state index is -0.776. The van der Waals surface area contributed by atoms with Gasteiger partial charge in [-0.15, -0.1) is 0 Å². The number of nitro groups is 1. The topological polar surface area (TPSA) is 109 Å². The number of ether oxygens (including phenoxy) is 1. The molecule has 0 aromatic heterocycles. The van der Waals surface area contributed by atoms with Crippen LogP contribution in [0.3, 0.4) is 0 Å². The third-order valence-electron chi connectivity index (χ3n) is 2.68. The van der Waals surface area contributed by atoms with Gasteiger partial charge in [0.25, 0.3) is 5.96 Å². The number of carbonyl (C=O) groups is 1. The molecule has 9 nitrogen and oxygen atoms in total.